The largest absolute Gasteiger partial charge is 0.367 e. The number of nitrogens with zero attached hydrogens (tertiary/aromatic N) is 4. The van der Waals surface area contributed by atoms with E-state index in [9.17, 15) is 0 Å². The molecule has 1 N–H and O–H groups in total. The van der Waals surface area contributed by atoms with Crippen LogP contribution in [0.3, 0.4) is 0 Å². The number of aryl methyl sites for hydroxylation is 1. The molecule has 0 atom stereocenters. The van der Waals surface area contributed by atoms with Crippen molar-refractivity contribution >= 4 is 5.82 Å². The minimum Gasteiger partial charge on any atom is -0.367 e. The van der Waals surface area contributed by atoms with Crippen molar-refractivity contribution < 1.29 is 4.52 Å². The Morgan fingerprint density at radius 3 is 2.78 bits per heavy atom. The van der Waals surface area contributed by atoms with E-state index in [0.717, 1.165) is 49.7 Å². The van der Waals surface area contributed by atoms with E-state index < -0.39 is 0 Å². The third-order valence-corrected chi connectivity index (χ3v) is 4.76. The maximum Gasteiger partial charge on any atom is 0.144 e. The molecule has 122 valence electrons. The number of hydrogen-bond donors (Lipinski definition) is 1. The molecule has 1 aliphatic heterocycles. The van der Waals surface area contributed by atoms with Crippen LogP contribution in [0.1, 0.15) is 48.6 Å². The molecular formula is C17H23N5O. The van der Waals surface area contributed by atoms with Crippen LogP contribution in [0.5, 0.6) is 0 Å². The van der Waals surface area contributed by atoms with Gasteiger partial charge < -0.3 is 9.84 Å². The zero-order valence-corrected chi connectivity index (χ0v) is 13.5. The lowest BCUT2D eigenvalue weighted by atomic mass is 10.0. The Kier molecular flexibility index (Phi) is 3.99. The van der Waals surface area contributed by atoms with Gasteiger partial charge in [0.2, 0.25) is 0 Å². The van der Waals surface area contributed by atoms with Crippen molar-refractivity contribution in [2.24, 2.45) is 0 Å². The summed E-state index contributed by atoms with van der Waals surface area (Å²) in [5.41, 5.74) is 2.28. The quantitative estimate of drug-likeness (QED) is 0.915. The van der Waals surface area contributed by atoms with Crippen LogP contribution in [-0.2, 0) is 6.54 Å². The zero-order valence-electron chi connectivity index (χ0n) is 13.5. The molecule has 2 aliphatic rings. The fourth-order valence-corrected chi connectivity index (χ4v) is 3.29. The predicted molar refractivity (Wildman–Crippen MR) is 87.2 cm³/mol. The summed E-state index contributed by atoms with van der Waals surface area (Å²) in [5, 5.41) is 7.53. The monoisotopic (exact) mass is 313 g/mol. The van der Waals surface area contributed by atoms with Crippen LogP contribution >= 0.6 is 0 Å². The normalized spacial score (nSPS) is 19.9. The van der Waals surface area contributed by atoms with Crippen molar-refractivity contribution in [3.63, 3.8) is 0 Å². The van der Waals surface area contributed by atoms with Crippen molar-refractivity contribution in [3.05, 3.63) is 35.6 Å². The Balaban J connectivity index is 1.29. The maximum atomic E-state index is 5.44. The molecule has 2 aromatic rings. The molecule has 1 aliphatic carbocycles. The Morgan fingerprint density at radius 2 is 2.04 bits per heavy atom. The van der Waals surface area contributed by atoms with Gasteiger partial charge in [-0.1, -0.05) is 5.16 Å². The number of rotatable bonds is 5. The number of likely N-dealkylation sites (tertiary alicyclic amines) is 1. The van der Waals surface area contributed by atoms with E-state index in [1.807, 2.05) is 19.2 Å². The second-order valence-corrected chi connectivity index (χ2v) is 6.73. The van der Waals surface area contributed by atoms with Gasteiger partial charge in [-0.2, -0.15) is 0 Å². The van der Waals surface area contributed by atoms with E-state index in [1.165, 1.54) is 18.4 Å². The molecule has 3 heterocycles. The molecule has 0 amide bonds. The van der Waals surface area contributed by atoms with Gasteiger partial charge in [-0.25, -0.2) is 9.97 Å². The lowest BCUT2D eigenvalue weighted by molar-refractivity contribution is 0.209. The maximum absolute atomic E-state index is 5.44. The number of hydrogen-bond acceptors (Lipinski definition) is 6. The van der Waals surface area contributed by atoms with E-state index >= 15 is 0 Å². The number of aromatic nitrogens is 3. The van der Waals surface area contributed by atoms with Gasteiger partial charge in [0.05, 0.1) is 6.20 Å². The summed E-state index contributed by atoms with van der Waals surface area (Å²) in [6.45, 7) is 5.15. The van der Waals surface area contributed by atoms with Crippen LogP contribution in [0.15, 0.2) is 23.1 Å². The predicted octanol–water partition coefficient (Wildman–Crippen LogP) is 2.73. The summed E-state index contributed by atoms with van der Waals surface area (Å²) in [7, 11) is 0. The van der Waals surface area contributed by atoms with Crippen molar-refractivity contribution in [1.29, 1.82) is 0 Å². The Morgan fingerprint density at radius 1 is 1.22 bits per heavy atom. The molecule has 6 heteroatoms. The summed E-state index contributed by atoms with van der Waals surface area (Å²) in [6, 6.07) is 2.50. The molecule has 23 heavy (non-hydrogen) atoms. The first-order chi connectivity index (χ1) is 11.3. The van der Waals surface area contributed by atoms with Crippen LogP contribution in [0, 0.1) is 6.92 Å². The van der Waals surface area contributed by atoms with E-state index in [0.29, 0.717) is 12.0 Å². The van der Waals surface area contributed by atoms with E-state index in [2.05, 4.69) is 25.3 Å². The second kappa shape index (κ2) is 6.28. The summed E-state index contributed by atoms with van der Waals surface area (Å²) in [5.74, 6) is 2.69. The van der Waals surface area contributed by atoms with Crippen LogP contribution in [0.25, 0.3) is 0 Å². The van der Waals surface area contributed by atoms with Gasteiger partial charge in [-0.15, -0.1) is 0 Å². The SMILES string of the molecule is Cc1cc(NC2CCN(Cc3cnoc3C3CC3)CC2)ncn1. The minimum absolute atomic E-state index is 0.492. The highest BCUT2D eigenvalue weighted by molar-refractivity contribution is 5.35. The first-order valence-corrected chi connectivity index (χ1v) is 8.49. The topological polar surface area (TPSA) is 67.1 Å². The van der Waals surface area contributed by atoms with Crippen LogP contribution in [0.4, 0.5) is 5.82 Å². The van der Waals surface area contributed by atoms with E-state index in [-0.39, 0.29) is 0 Å². The van der Waals surface area contributed by atoms with E-state index in [4.69, 9.17) is 4.52 Å². The standard InChI is InChI=1S/C17H23N5O/c1-12-8-16(19-11-18-12)21-15-4-6-22(7-5-15)10-14-9-20-23-17(14)13-2-3-13/h8-9,11,13,15H,2-7,10H2,1H3,(H,18,19,21). The Labute approximate surface area is 136 Å². The molecule has 1 saturated heterocycles. The lowest BCUT2D eigenvalue weighted by Gasteiger charge is -2.32. The number of anilines is 1. The van der Waals surface area contributed by atoms with Gasteiger partial charge in [0, 0.05) is 48.9 Å². The molecule has 6 nitrogen and oxygen atoms in total. The first-order valence-electron chi connectivity index (χ1n) is 8.49. The molecule has 4 rings (SSSR count). The Hall–Kier alpha value is -1.95. The molecule has 1 saturated carbocycles. The van der Waals surface area contributed by atoms with Crippen LogP contribution < -0.4 is 5.32 Å². The zero-order chi connectivity index (χ0) is 15.6. The average Bonchev–Trinajstić information content (AvgIpc) is 3.29. The lowest BCUT2D eigenvalue weighted by Crippen LogP contribution is -2.38. The minimum atomic E-state index is 0.492. The van der Waals surface area contributed by atoms with Crippen molar-refractivity contribution in [1.82, 2.24) is 20.0 Å². The van der Waals surface area contributed by atoms with Crippen molar-refractivity contribution in [2.45, 2.75) is 51.1 Å². The molecular weight excluding hydrogens is 290 g/mol. The highest BCUT2D eigenvalue weighted by Gasteiger charge is 2.31. The molecule has 0 spiro atoms. The van der Waals surface area contributed by atoms with Crippen molar-refractivity contribution in [2.75, 3.05) is 18.4 Å². The summed E-state index contributed by atoms with van der Waals surface area (Å²) < 4.78 is 5.44. The summed E-state index contributed by atoms with van der Waals surface area (Å²) in [4.78, 5) is 10.9. The van der Waals surface area contributed by atoms with Gasteiger partial charge in [0.15, 0.2) is 0 Å². The third-order valence-electron chi connectivity index (χ3n) is 4.76. The van der Waals surface area contributed by atoms with Crippen LogP contribution in [-0.4, -0.2) is 39.2 Å². The fraction of sp³-hybridized carbons (Fsp3) is 0.588. The fourth-order valence-electron chi connectivity index (χ4n) is 3.29. The first kappa shape index (κ1) is 14.6. The highest BCUT2D eigenvalue weighted by atomic mass is 16.5. The summed E-state index contributed by atoms with van der Waals surface area (Å²) in [6.07, 6.45) is 8.30. The van der Waals surface area contributed by atoms with Gasteiger partial charge >= 0.3 is 0 Å². The molecule has 0 bridgehead atoms. The van der Waals surface area contributed by atoms with Gasteiger partial charge in [0.1, 0.15) is 17.9 Å². The average molecular weight is 313 g/mol. The number of piperidine rings is 1. The van der Waals surface area contributed by atoms with E-state index in [1.54, 1.807) is 6.33 Å². The van der Waals surface area contributed by atoms with Gasteiger partial charge in [-0.3, -0.25) is 4.90 Å². The second-order valence-electron chi connectivity index (χ2n) is 6.73. The highest BCUT2D eigenvalue weighted by Crippen LogP contribution is 2.41. The third kappa shape index (κ3) is 3.52. The Bertz CT molecular complexity index is 659. The number of nitrogens with one attached hydrogen (secondary N) is 1. The van der Waals surface area contributed by atoms with Crippen molar-refractivity contribution in [3.8, 4) is 0 Å². The van der Waals surface area contributed by atoms with Gasteiger partial charge in [0.25, 0.3) is 0 Å². The van der Waals surface area contributed by atoms with Crippen LogP contribution in [0.2, 0.25) is 0 Å². The molecule has 2 aromatic heterocycles. The van der Waals surface area contributed by atoms with Gasteiger partial charge in [-0.05, 0) is 32.6 Å². The molecule has 0 radical (unpaired) electrons. The molecule has 0 aromatic carbocycles. The smallest absolute Gasteiger partial charge is 0.144 e. The summed E-state index contributed by atoms with van der Waals surface area (Å²) >= 11 is 0. The molecule has 2 fully saturated rings. The molecule has 0 unspecified atom stereocenters.